The molecule has 5 nitrogen and oxygen atoms in total. The van der Waals surface area contributed by atoms with E-state index in [2.05, 4.69) is 0 Å². The molecule has 0 radical (unpaired) electrons. The van der Waals surface area contributed by atoms with Crippen molar-refractivity contribution in [2.75, 3.05) is 6.61 Å². The van der Waals surface area contributed by atoms with E-state index in [1.807, 2.05) is 0 Å². The lowest BCUT2D eigenvalue weighted by Crippen LogP contribution is -2.48. The van der Waals surface area contributed by atoms with Gasteiger partial charge in [-0.05, 0) is 11.6 Å². The third kappa shape index (κ3) is 1.50. The molecule has 1 aliphatic rings. The van der Waals surface area contributed by atoms with Crippen LogP contribution >= 0.6 is 0 Å². The minimum Gasteiger partial charge on any atom is -0.392 e. The van der Waals surface area contributed by atoms with Crippen LogP contribution in [0.25, 0.3) is 0 Å². The predicted molar refractivity (Wildman–Crippen MR) is 39.2 cm³/mol. The number of hydrogen-bond donors (Lipinski definition) is 5. The molecule has 0 saturated heterocycles. The van der Waals surface area contributed by atoms with Crippen molar-refractivity contribution in [2.45, 2.75) is 24.4 Å². The van der Waals surface area contributed by atoms with Crippen LogP contribution in [0.3, 0.4) is 0 Å². The van der Waals surface area contributed by atoms with E-state index in [0.29, 0.717) is 0 Å². The van der Waals surface area contributed by atoms with Gasteiger partial charge in [-0.1, -0.05) is 0 Å². The minimum atomic E-state index is -1.59. The van der Waals surface area contributed by atoms with E-state index in [1.54, 1.807) is 0 Å². The molecule has 0 unspecified atom stereocenters. The second kappa shape index (κ2) is 3.51. The largest absolute Gasteiger partial charge is 0.392 e. The summed E-state index contributed by atoms with van der Waals surface area (Å²) >= 11 is 0. The van der Waals surface area contributed by atoms with Crippen molar-refractivity contribution in [3.63, 3.8) is 0 Å². The average molecular weight is 177 g/mol. The summed E-state index contributed by atoms with van der Waals surface area (Å²) in [4.78, 5) is 0. The van der Waals surface area contributed by atoms with E-state index in [1.165, 1.54) is 0 Å². The van der Waals surface area contributed by atoms with E-state index >= 15 is 0 Å². The molecule has 0 aromatic heterocycles. The maximum absolute atomic E-state index is 9.24. The highest BCUT2D eigenvalue weighted by Crippen LogP contribution is 2.19. The average Bonchev–Trinajstić information content (AvgIpc) is 2.13. The van der Waals surface area contributed by atoms with Crippen molar-refractivity contribution in [3.8, 4) is 0 Å². The first kappa shape index (κ1) is 8.15. The van der Waals surface area contributed by atoms with Gasteiger partial charge >= 0.3 is 0 Å². The van der Waals surface area contributed by atoms with Crippen LogP contribution in [-0.4, -0.2) is 56.6 Å². The molecular weight excluding hydrogens is 164 g/mol. The highest BCUT2D eigenvalue weighted by atomic mass is 16.4. The Balaban J connectivity index is 3.03. The Bertz CT molecular complexity index is 229. The molecule has 0 fully saturated rings. The topological polar surface area (TPSA) is 101 Å². The van der Waals surface area contributed by atoms with Crippen LogP contribution in [0.4, 0.5) is 0 Å². The fraction of sp³-hybridized carbons (Fsp3) is 0.714. The number of rotatable bonds is 1. The van der Waals surface area contributed by atoms with Gasteiger partial charge in [0.15, 0.2) is 0 Å². The van der Waals surface area contributed by atoms with Crippen molar-refractivity contribution in [2.24, 2.45) is 0 Å². The van der Waals surface area contributed by atoms with Crippen LogP contribution in [0.15, 0.2) is 11.6 Å². The summed E-state index contributed by atoms with van der Waals surface area (Å²) in [5.41, 5.74) is -0.162. The predicted octanol–water partition coefficient (Wildman–Crippen LogP) is -2.64. The van der Waals surface area contributed by atoms with E-state index in [4.69, 9.17) is 21.8 Å². The fourth-order valence-electron chi connectivity index (χ4n) is 1.08. The molecule has 0 aromatic rings. The summed E-state index contributed by atoms with van der Waals surface area (Å²) in [7, 11) is 0. The number of aliphatic hydroxyl groups is 5. The lowest BCUT2D eigenvalue weighted by atomic mass is 9.90. The Kier molecular flexibility index (Phi) is 2.38. The normalized spacial score (nSPS) is 44.6. The Morgan fingerprint density at radius 3 is 2.33 bits per heavy atom. The van der Waals surface area contributed by atoms with Crippen molar-refractivity contribution in [3.05, 3.63) is 11.6 Å². The Morgan fingerprint density at radius 2 is 1.83 bits per heavy atom. The number of aliphatic hydroxyl groups excluding tert-OH is 5. The van der Waals surface area contributed by atoms with Gasteiger partial charge in [0.05, 0.1) is 7.98 Å². The highest BCUT2D eigenvalue weighted by Gasteiger charge is 2.35. The zero-order valence-corrected chi connectivity index (χ0v) is 6.25. The van der Waals surface area contributed by atoms with Gasteiger partial charge < -0.3 is 25.5 Å². The van der Waals surface area contributed by atoms with E-state index in [0.717, 1.165) is 0 Å². The van der Waals surface area contributed by atoms with Crippen LogP contribution < -0.4 is 0 Å². The lowest BCUT2D eigenvalue weighted by molar-refractivity contribution is -0.0948. The summed E-state index contributed by atoms with van der Waals surface area (Å²) in [6.07, 6.45) is -6.19. The standard InChI is InChI=1S/C7H12O5/c8-2-3-1-4(9)6(11)7(12)5(3)10/h1,4-12H,2H2/t4-,5+,6-,7-/m0/s1/i1D. The molecule has 12 heavy (non-hydrogen) atoms. The molecule has 0 aromatic carbocycles. The van der Waals surface area contributed by atoms with Gasteiger partial charge in [0.1, 0.15) is 24.4 Å². The maximum Gasteiger partial charge on any atom is 0.112 e. The van der Waals surface area contributed by atoms with E-state index in [-0.39, 0.29) is 5.57 Å². The second-order valence-electron chi connectivity index (χ2n) is 2.70. The molecule has 1 aliphatic carbocycles. The molecular formula is C7H12O5. The highest BCUT2D eigenvalue weighted by molar-refractivity contribution is 5.19. The number of hydrogen-bond acceptors (Lipinski definition) is 5. The minimum absolute atomic E-state index is 0.162. The van der Waals surface area contributed by atoms with Gasteiger partial charge in [-0.25, -0.2) is 0 Å². The Morgan fingerprint density at radius 1 is 1.25 bits per heavy atom. The first-order valence-electron chi connectivity index (χ1n) is 4.03. The zero-order chi connectivity index (χ0) is 10.2. The molecule has 0 amide bonds. The third-order valence-electron chi connectivity index (χ3n) is 1.86. The molecule has 5 N–H and O–H groups in total. The van der Waals surface area contributed by atoms with Gasteiger partial charge in [0, 0.05) is 0 Å². The summed E-state index contributed by atoms with van der Waals surface area (Å²) in [5, 5.41) is 45.4. The SMILES string of the molecule is [2H]C1=C(CO)[C@@H](O)[C@H](O)[C@@H](O)[C@H]1O. The molecule has 0 aliphatic heterocycles. The van der Waals surface area contributed by atoms with E-state index < -0.39 is 37.1 Å². The van der Waals surface area contributed by atoms with Gasteiger partial charge in [-0.2, -0.15) is 0 Å². The maximum atomic E-state index is 9.24. The van der Waals surface area contributed by atoms with Crippen LogP contribution in [0.2, 0.25) is 0 Å². The van der Waals surface area contributed by atoms with Crippen LogP contribution in [0, 0.1) is 0 Å². The van der Waals surface area contributed by atoms with Crippen molar-refractivity contribution in [1.29, 1.82) is 0 Å². The summed E-state index contributed by atoms with van der Waals surface area (Å²) < 4.78 is 7.22. The quantitative estimate of drug-likeness (QED) is 0.282. The molecule has 70 valence electrons. The first-order chi connectivity index (χ1) is 6.00. The van der Waals surface area contributed by atoms with Crippen molar-refractivity contribution in [1.82, 2.24) is 0 Å². The second-order valence-corrected chi connectivity index (χ2v) is 2.70. The van der Waals surface area contributed by atoms with Crippen LogP contribution in [-0.2, 0) is 0 Å². The first-order valence-corrected chi connectivity index (χ1v) is 3.53. The zero-order valence-electron chi connectivity index (χ0n) is 7.25. The van der Waals surface area contributed by atoms with Gasteiger partial charge in [0.2, 0.25) is 0 Å². The molecule has 0 spiro atoms. The van der Waals surface area contributed by atoms with Crippen molar-refractivity contribution >= 4 is 0 Å². The Labute approximate surface area is 70.6 Å². The summed E-state index contributed by atoms with van der Waals surface area (Å²) in [5.74, 6) is 0. The third-order valence-corrected chi connectivity index (χ3v) is 1.86. The van der Waals surface area contributed by atoms with Gasteiger partial charge in [-0.15, -0.1) is 0 Å². The fourth-order valence-corrected chi connectivity index (χ4v) is 1.08. The smallest absolute Gasteiger partial charge is 0.112 e. The lowest BCUT2D eigenvalue weighted by Gasteiger charge is -2.31. The summed E-state index contributed by atoms with van der Waals surface area (Å²) in [6, 6.07) is -0.437. The molecule has 0 heterocycles. The van der Waals surface area contributed by atoms with Gasteiger partial charge in [0.25, 0.3) is 0 Å². The van der Waals surface area contributed by atoms with E-state index in [9.17, 15) is 5.11 Å². The van der Waals surface area contributed by atoms with Crippen molar-refractivity contribution < 1.29 is 26.9 Å². The molecule has 0 saturated carbocycles. The molecule has 5 heteroatoms. The van der Waals surface area contributed by atoms with Crippen LogP contribution in [0.5, 0.6) is 0 Å². The van der Waals surface area contributed by atoms with Crippen LogP contribution in [0.1, 0.15) is 1.37 Å². The molecule has 0 bridgehead atoms. The van der Waals surface area contributed by atoms with Gasteiger partial charge in [-0.3, -0.25) is 0 Å². The molecule has 4 atom stereocenters. The summed E-state index contributed by atoms with van der Waals surface area (Å²) in [6.45, 7) is -0.624. The Hall–Kier alpha value is -0.460. The monoisotopic (exact) mass is 177 g/mol. The molecule has 1 rings (SSSR count).